The Labute approximate surface area is 240 Å². The Hall–Kier alpha value is -4.16. The summed E-state index contributed by atoms with van der Waals surface area (Å²) in [6.45, 7) is 1.87. The van der Waals surface area contributed by atoms with Crippen molar-refractivity contribution in [2.24, 2.45) is 5.73 Å². The Balaban J connectivity index is 1.34. The minimum Gasteiger partial charge on any atom is -0.494 e. The van der Waals surface area contributed by atoms with Gasteiger partial charge < -0.3 is 30.6 Å². The van der Waals surface area contributed by atoms with Crippen molar-refractivity contribution >= 4 is 22.5 Å². The molecular formula is C30H32F3N5O4. The molecule has 2 heterocycles. The van der Waals surface area contributed by atoms with E-state index in [0.717, 1.165) is 43.0 Å². The Morgan fingerprint density at radius 3 is 2.45 bits per heavy atom. The molecule has 42 heavy (non-hydrogen) atoms. The first-order valence-electron chi connectivity index (χ1n) is 13.7. The van der Waals surface area contributed by atoms with Crippen molar-refractivity contribution in [1.82, 2.24) is 15.3 Å². The molecule has 222 valence electrons. The summed E-state index contributed by atoms with van der Waals surface area (Å²) in [5, 5.41) is 16.3. The smallest absolute Gasteiger partial charge is 0.433 e. The van der Waals surface area contributed by atoms with E-state index in [0.29, 0.717) is 17.0 Å². The minimum atomic E-state index is -4.64. The normalized spacial score (nSPS) is 18.1. The number of aromatic nitrogens is 2. The molecule has 0 bridgehead atoms. The summed E-state index contributed by atoms with van der Waals surface area (Å²) >= 11 is 0. The number of fused-ring (bicyclic) bond motifs is 1. The maximum Gasteiger partial charge on any atom is 0.433 e. The van der Waals surface area contributed by atoms with E-state index in [9.17, 15) is 23.1 Å². The molecule has 1 aliphatic carbocycles. The average molecular weight is 584 g/mol. The molecule has 0 saturated heterocycles. The second kappa shape index (κ2) is 12.0. The van der Waals surface area contributed by atoms with E-state index >= 15 is 0 Å². The predicted octanol–water partition coefficient (Wildman–Crippen LogP) is 5.58. The predicted molar refractivity (Wildman–Crippen MR) is 151 cm³/mol. The van der Waals surface area contributed by atoms with Gasteiger partial charge in [-0.05, 0) is 74.6 Å². The molecule has 1 fully saturated rings. The molecule has 2 aromatic carbocycles. The maximum atomic E-state index is 13.3. The van der Waals surface area contributed by atoms with Crippen LogP contribution in [0.25, 0.3) is 22.4 Å². The lowest BCUT2D eigenvalue weighted by atomic mass is 9.93. The van der Waals surface area contributed by atoms with E-state index < -0.39 is 23.8 Å². The lowest BCUT2D eigenvalue weighted by molar-refractivity contribution is -0.140. The third kappa shape index (κ3) is 6.34. The summed E-state index contributed by atoms with van der Waals surface area (Å²) in [6.07, 6.45) is -1.44. The summed E-state index contributed by atoms with van der Waals surface area (Å²) < 4.78 is 51.1. The van der Waals surface area contributed by atoms with Crippen LogP contribution in [0.4, 0.5) is 18.9 Å². The SMILES string of the molecule is COc1ccc(-c2nc(C(=O)NCc3ccc(N[C@H]4CC[C@H](O)CC4)cc3)c([C@H](C)N)o2)c2ccc(C(F)(F)F)nc12. The van der Waals surface area contributed by atoms with Gasteiger partial charge in [-0.3, -0.25) is 4.79 Å². The molecule has 0 radical (unpaired) electrons. The first-order chi connectivity index (χ1) is 20.0. The van der Waals surface area contributed by atoms with Crippen LogP contribution >= 0.6 is 0 Å². The summed E-state index contributed by atoms with van der Waals surface area (Å²) in [4.78, 5) is 21.4. The van der Waals surface area contributed by atoms with E-state index in [4.69, 9.17) is 14.9 Å². The van der Waals surface area contributed by atoms with Crippen molar-refractivity contribution in [1.29, 1.82) is 0 Å². The molecule has 0 spiro atoms. The number of halogens is 3. The fourth-order valence-corrected chi connectivity index (χ4v) is 5.06. The quantitative estimate of drug-likeness (QED) is 0.211. The van der Waals surface area contributed by atoms with Gasteiger partial charge in [0.15, 0.2) is 11.5 Å². The fourth-order valence-electron chi connectivity index (χ4n) is 5.06. The van der Waals surface area contributed by atoms with Crippen molar-refractivity contribution in [2.75, 3.05) is 12.4 Å². The van der Waals surface area contributed by atoms with Crippen molar-refractivity contribution < 1.29 is 32.2 Å². The maximum absolute atomic E-state index is 13.3. The molecule has 0 aliphatic heterocycles. The molecule has 0 unspecified atom stereocenters. The molecule has 12 heteroatoms. The summed E-state index contributed by atoms with van der Waals surface area (Å²) in [5.74, 6) is -0.193. The zero-order valence-electron chi connectivity index (χ0n) is 23.2. The number of nitrogens with two attached hydrogens (primary N) is 1. The fraction of sp³-hybridized carbons (Fsp3) is 0.367. The Morgan fingerprint density at radius 2 is 1.81 bits per heavy atom. The number of aliphatic hydroxyl groups is 1. The number of amides is 1. The van der Waals surface area contributed by atoms with Gasteiger partial charge in [-0.1, -0.05) is 12.1 Å². The number of hydrogen-bond donors (Lipinski definition) is 4. The van der Waals surface area contributed by atoms with Crippen LogP contribution in [0.5, 0.6) is 5.75 Å². The van der Waals surface area contributed by atoms with Crippen molar-refractivity contribution in [3.8, 4) is 17.2 Å². The lowest BCUT2D eigenvalue weighted by Gasteiger charge is -2.27. The summed E-state index contributed by atoms with van der Waals surface area (Å²) in [6, 6.07) is 12.5. The Morgan fingerprint density at radius 1 is 1.10 bits per heavy atom. The van der Waals surface area contributed by atoms with Crippen molar-refractivity contribution in [2.45, 2.75) is 63.5 Å². The number of aliphatic hydroxyl groups excluding tert-OH is 1. The van der Waals surface area contributed by atoms with Gasteiger partial charge in [0.2, 0.25) is 5.89 Å². The number of carbonyl (C=O) groups excluding carboxylic acids is 1. The number of carbonyl (C=O) groups is 1. The van der Waals surface area contributed by atoms with Gasteiger partial charge in [-0.15, -0.1) is 0 Å². The average Bonchev–Trinajstić information content (AvgIpc) is 3.42. The first-order valence-corrected chi connectivity index (χ1v) is 13.7. The van der Waals surface area contributed by atoms with Gasteiger partial charge in [0, 0.05) is 29.2 Å². The highest BCUT2D eigenvalue weighted by Crippen LogP contribution is 2.37. The van der Waals surface area contributed by atoms with Gasteiger partial charge in [0.05, 0.1) is 19.3 Å². The molecule has 5 rings (SSSR count). The number of alkyl halides is 3. The van der Waals surface area contributed by atoms with Crippen LogP contribution in [0.3, 0.4) is 0 Å². The third-order valence-electron chi connectivity index (χ3n) is 7.32. The number of oxazole rings is 1. The van der Waals surface area contributed by atoms with Crippen LogP contribution in [0, 0.1) is 0 Å². The number of benzene rings is 2. The van der Waals surface area contributed by atoms with Crippen LogP contribution < -0.4 is 21.1 Å². The number of hydrogen-bond acceptors (Lipinski definition) is 8. The Kier molecular flexibility index (Phi) is 8.37. The molecule has 1 aliphatic rings. The number of nitrogens with zero attached hydrogens (tertiary/aromatic N) is 2. The van der Waals surface area contributed by atoms with Gasteiger partial charge in [-0.25, -0.2) is 9.97 Å². The van der Waals surface area contributed by atoms with Crippen LogP contribution in [0.15, 0.2) is 52.9 Å². The number of ether oxygens (including phenoxy) is 1. The molecular weight excluding hydrogens is 551 g/mol. The third-order valence-corrected chi connectivity index (χ3v) is 7.32. The van der Waals surface area contributed by atoms with Gasteiger partial charge in [0.1, 0.15) is 17.0 Å². The van der Waals surface area contributed by atoms with Crippen LogP contribution in [0.2, 0.25) is 0 Å². The van der Waals surface area contributed by atoms with E-state index in [2.05, 4.69) is 20.6 Å². The van der Waals surface area contributed by atoms with E-state index in [1.54, 1.807) is 13.0 Å². The molecule has 1 saturated carbocycles. The van der Waals surface area contributed by atoms with E-state index in [1.807, 2.05) is 24.3 Å². The topological polar surface area (TPSA) is 136 Å². The van der Waals surface area contributed by atoms with Gasteiger partial charge >= 0.3 is 6.18 Å². The molecule has 9 nitrogen and oxygen atoms in total. The number of anilines is 1. The molecule has 5 N–H and O–H groups in total. The molecule has 1 atom stereocenters. The largest absolute Gasteiger partial charge is 0.494 e. The summed E-state index contributed by atoms with van der Waals surface area (Å²) in [7, 11) is 1.34. The molecule has 1 amide bonds. The summed E-state index contributed by atoms with van der Waals surface area (Å²) in [5.41, 5.74) is 7.16. The van der Waals surface area contributed by atoms with Crippen LogP contribution in [-0.2, 0) is 12.7 Å². The Bertz CT molecular complexity index is 1560. The second-order valence-electron chi connectivity index (χ2n) is 10.5. The highest BCUT2D eigenvalue weighted by Gasteiger charge is 2.33. The number of rotatable bonds is 8. The van der Waals surface area contributed by atoms with E-state index in [1.165, 1.54) is 19.2 Å². The second-order valence-corrected chi connectivity index (χ2v) is 10.5. The monoisotopic (exact) mass is 583 g/mol. The number of nitrogens with one attached hydrogen (secondary N) is 2. The number of methoxy groups -OCH3 is 1. The zero-order valence-corrected chi connectivity index (χ0v) is 23.2. The van der Waals surface area contributed by atoms with Gasteiger partial charge in [-0.2, -0.15) is 13.2 Å². The van der Waals surface area contributed by atoms with Crippen molar-refractivity contribution in [3.05, 3.63) is 71.2 Å². The zero-order chi connectivity index (χ0) is 30.0. The lowest BCUT2D eigenvalue weighted by Crippen LogP contribution is -2.28. The van der Waals surface area contributed by atoms with Crippen molar-refractivity contribution in [3.63, 3.8) is 0 Å². The standard InChI is InChI=1S/C30H32F3N5O4/c1-16(34)27-26(28(40)35-15-17-3-5-18(6-4-17)36-19-7-9-20(39)10-8-19)38-29(42-27)22-11-13-23(41-2)25-21(22)12-14-24(37-25)30(31,32)33/h3-6,11-14,16,19-20,36,39H,7-10,15,34H2,1-2H3,(H,35,40)/t16-,19-,20-/m0/s1. The van der Waals surface area contributed by atoms with E-state index in [-0.39, 0.29) is 41.3 Å². The highest BCUT2D eigenvalue weighted by atomic mass is 19.4. The van der Waals surface area contributed by atoms with Crippen LogP contribution in [-0.4, -0.2) is 40.2 Å². The number of pyridine rings is 1. The molecule has 4 aromatic rings. The first kappa shape index (κ1) is 29.3. The molecule has 2 aromatic heterocycles. The van der Waals surface area contributed by atoms with Gasteiger partial charge in [0.25, 0.3) is 5.91 Å². The minimum absolute atomic E-state index is 0.0124. The highest BCUT2D eigenvalue weighted by molar-refractivity contribution is 5.98. The van der Waals surface area contributed by atoms with Crippen LogP contribution in [0.1, 0.15) is 66.2 Å².